The lowest BCUT2D eigenvalue weighted by atomic mass is 9.80. The van der Waals surface area contributed by atoms with Gasteiger partial charge in [0, 0.05) is 24.4 Å². The van der Waals surface area contributed by atoms with E-state index in [0.717, 1.165) is 17.3 Å². The van der Waals surface area contributed by atoms with Gasteiger partial charge in [-0.25, -0.2) is 9.78 Å². The van der Waals surface area contributed by atoms with E-state index in [1.54, 1.807) is 35.7 Å². The predicted molar refractivity (Wildman–Crippen MR) is 157 cm³/mol. The predicted octanol–water partition coefficient (Wildman–Crippen LogP) is 7.83. The molecule has 2 aromatic carbocycles. The summed E-state index contributed by atoms with van der Waals surface area (Å²) in [6.45, 7) is 3.79. The van der Waals surface area contributed by atoms with Crippen molar-refractivity contribution in [2.45, 2.75) is 37.3 Å². The van der Waals surface area contributed by atoms with Crippen LogP contribution in [0.25, 0.3) is 0 Å². The topological polar surface area (TPSA) is 85.4 Å². The lowest BCUT2D eigenvalue weighted by molar-refractivity contribution is -0.253. The number of carbonyl (C=O) groups is 1. The van der Waals surface area contributed by atoms with E-state index >= 15 is 0 Å². The quantitative estimate of drug-likeness (QED) is 0.116. The zero-order valence-corrected chi connectivity index (χ0v) is 24.4. The number of carbonyl (C=O) groups excluding carboxylic acids is 1. The maximum absolute atomic E-state index is 13.9. The fourth-order valence-electron chi connectivity index (χ4n) is 4.25. The van der Waals surface area contributed by atoms with Crippen LogP contribution in [-0.2, 0) is 23.1 Å². The van der Waals surface area contributed by atoms with Crippen LogP contribution in [0.2, 0.25) is 5.02 Å². The van der Waals surface area contributed by atoms with Gasteiger partial charge in [-0.1, -0.05) is 60.6 Å². The summed E-state index contributed by atoms with van der Waals surface area (Å²) < 4.78 is 63.0. The molecule has 0 saturated heterocycles. The number of allylic oxidation sites excluding steroid dienone is 1. The second-order valence-electron chi connectivity index (χ2n) is 9.39. The number of methoxy groups -OCH3 is 1. The highest BCUT2D eigenvalue weighted by molar-refractivity contribution is 7.13. The molecule has 0 radical (unpaired) electrons. The average Bonchev–Trinajstić information content (AvgIpc) is 3.43. The molecule has 0 aliphatic heterocycles. The first-order chi connectivity index (χ1) is 20.5. The summed E-state index contributed by atoms with van der Waals surface area (Å²) in [6, 6.07) is 16.7. The molecule has 0 saturated carbocycles. The summed E-state index contributed by atoms with van der Waals surface area (Å²) in [7, 11) is 1.53. The molecule has 7 nitrogen and oxygen atoms in total. The Bertz CT molecular complexity index is 1540. The number of thiazole rings is 1. The standard InChI is InChI=1S/C30H27ClF4N4O3S/c1-19(41-2)11-13-23-18-43-28(37-23)38-27(40)39-29(16-20-7-4-3-5-8-20,25-14-12-22(31)17-36-25)21-9-6-10-24(15-21)42-30(34,35)26(32)33/h3-10,12,14-15,17-18,26H,1,11,13,16H2,2H3,(H2,37,38,39,40)/t29-/m0/s1. The lowest BCUT2D eigenvalue weighted by Gasteiger charge is -2.35. The summed E-state index contributed by atoms with van der Waals surface area (Å²) >= 11 is 7.32. The van der Waals surface area contributed by atoms with Gasteiger partial charge in [0.2, 0.25) is 0 Å². The zero-order chi connectivity index (χ0) is 31.0. The first-order valence-electron chi connectivity index (χ1n) is 12.9. The van der Waals surface area contributed by atoms with Gasteiger partial charge in [0.1, 0.15) is 11.3 Å². The molecule has 2 heterocycles. The number of alkyl halides is 4. The van der Waals surface area contributed by atoms with Crippen molar-refractivity contribution >= 4 is 34.1 Å². The largest absolute Gasteiger partial charge is 0.502 e. The van der Waals surface area contributed by atoms with Crippen molar-refractivity contribution in [2.75, 3.05) is 12.4 Å². The third kappa shape index (κ3) is 8.23. The van der Waals surface area contributed by atoms with Crippen LogP contribution in [0.15, 0.2) is 90.6 Å². The van der Waals surface area contributed by atoms with Crippen molar-refractivity contribution in [1.29, 1.82) is 0 Å². The summed E-state index contributed by atoms with van der Waals surface area (Å²) in [6.07, 6.45) is -6.22. The van der Waals surface area contributed by atoms with Crippen LogP contribution in [0.1, 0.15) is 28.9 Å². The molecule has 1 atom stereocenters. The lowest BCUT2D eigenvalue weighted by Crippen LogP contribution is -2.50. The minimum atomic E-state index is -4.73. The molecule has 4 rings (SSSR count). The fourth-order valence-corrected chi connectivity index (χ4v) is 5.10. The Morgan fingerprint density at radius 3 is 2.56 bits per heavy atom. The van der Waals surface area contributed by atoms with Crippen molar-refractivity contribution < 1.29 is 31.8 Å². The number of hydrogen-bond acceptors (Lipinski definition) is 6. The summed E-state index contributed by atoms with van der Waals surface area (Å²) in [4.78, 5) is 22.5. The van der Waals surface area contributed by atoms with Crippen LogP contribution in [0.3, 0.4) is 0 Å². The Morgan fingerprint density at radius 1 is 1.12 bits per heavy atom. The minimum Gasteiger partial charge on any atom is -0.502 e. The molecule has 4 aromatic rings. The van der Waals surface area contributed by atoms with E-state index in [-0.39, 0.29) is 12.0 Å². The second kappa shape index (κ2) is 13.9. The number of amides is 2. The number of aryl methyl sites for hydroxylation is 1. The molecule has 0 aliphatic rings. The Balaban J connectivity index is 1.74. The smallest absolute Gasteiger partial charge is 0.461 e. The van der Waals surface area contributed by atoms with Crippen LogP contribution in [0.4, 0.5) is 27.5 Å². The van der Waals surface area contributed by atoms with Gasteiger partial charge >= 0.3 is 18.6 Å². The average molecular weight is 635 g/mol. The van der Waals surface area contributed by atoms with E-state index in [2.05, 4.69) is 31.9 Å². The Hall–Kier alpha value is -4.16. The normalized spacial score (nSPS) is 12.8. The van der Waals surface area contributed by atoms with Gasteiger partial charge in [0.15, 0.2) is 5.13 Å². The van der Waals surface area contributed by atoms with E-state index < -0.39 is 29.9 Å². The van der Waals surface area contributed by atoms with E-state index in [1.807, 2.05) is 18.2 Å². The molecule has 2 aromatic heterocycles. The van der Waals surface area contributed by atoms with Gasteiger partial charge in [-0.2, -0.15) is 17.6 Å². The third-order valence-electron chi connectivity index (χ3n) is 6.36. The van der Waals surface area contributed by atoms with Crippen molar-refractivity contribution in [3.63, 3.8) is 0 Å². The highest BCUT2D eigenvalue weighted by atomic mass is 35.5. The number of halogens is 5. The van der Waals surface area contributed by atoms with Gasteiger partial charge in [0.05, 0.1) is 29.3 Å². The number of anilines is 1. The molecule has 0 aliphatic carbocycles. The molecule has 0 unspecified atom stereocenters. The van der Waals surface area contributed by atoms with Gasteiger partial charge < -0.3 is 14.8 Å². The van der Waals surface area contributed by atoms with Crippen LogP contribution in [0.5, 0.6) is 5.75 Å². The molecule has 226 valence electrons. The number of rotatable bonds is 13. The molecule has 43 heavy (non-hydrogen) atoms. The van der Waals surface area contributed by atoms with E-state index in [1.165, 1.54) is 36.8 Å². The van der Waals surface area contributed by atoms with Crippen molar-refractivity contribution in [2.24, 2.45) is 0 Å². The van der Waals surface area contributed by atoms with Crippen LogP contribution in [-0.4, -0.2) is 35.6 Å². The van der Waals surface area contributed by atoms with E-state index in [9.17, 15) is 22.4 Å². The van der Waals surface area contributed by atoms with Crippen LogP contribution < -0.4 is 15.4 Å². The monoisotopic (exact) mass is 634 g/mol. The number of pyridine rings is 1. The zero-order valence-electron chi connectivity index (χ0n) is 22.8. The van der Waals surface area contributed by atoms with Gasteiger partial charge in [-0.3, -0.25) is 10.3 Å². The van der Waals surface area contributed by atoms with E-state index in [0.29, 0.717) is 34.4 Å². The third-order valence-corrected chi connectivity index (χ3v) is 7.39. The molecule has 2 N–H and O–H groups in total. The molecule has 13 heteroatoms. The number of urea groups is 1. The maximum Gasteiger partial charge on any atom is 0.461 e. The van der Waals surface area contributed by atoms with Gasteiger partial charge in [-0.05, 0) is 41.8 Å². The van der Waals surface area contributed by atoms with Gasteiger partial charge in [-0.15, -0.1) is 11.3 Å². The highest BCUT2D eigenvalue weighted by Crippen LogP contribution is 2.36. The van der Waals surface area contributed by atoms with Crippen LogP contribution >= 0.6 is 22.9 Å². The number of nitrogens with zero attached hydrogens (tertiary/aromatic N) is 2. The molecular formula is C30H27ClF4N4O3S. The molecule has 0 bridgehead atoms. The second-order valence-corrected chi connectivity index (χ2v) is 10.7. The first-order valence-corrected chi connectivity index (χ1v) is 14.1. The summed E-state index contributed by atoms with van der Waals surface area (Å²) in [5.74, 6) is 0.0672. The molecule has 0 fully saturated rings. The van der Waals surface area contributed by atoms with Crippen molar-refractivity contribution in [3.05, 3.63) is 118 Å². The van der Waals surface area contributed by atoms with Crippen molar-refractivity contribution in [3.8, 4) is 5.75 Å². The Kier molecular flexibility index (Phi) is 10.3. The number of nitrogens with one attached hydrogen (secondary N) is 2. The van der Waals surface area contributed by atoms with E-state index in [4.69, 9.17) is 16.3 Å². The number of ether oxygens (including phenoxy) is 2. The SMILES string of the molecule is C=C(CCc1csc(NC(=O)N[C@@](Cc2ccccc2)(c2cccc(OC(F)(F)C(F)F)c2)c2ccc(Cl)cn2)n1)OC. The Labute approximate surface area is 254 Å². The minimum absolute atomic E-state index is 0.0901. The Morgan fingerprint density at radius 2 is 1.88 bits per heavy atom. The van der Waals surface area contributed by atoms with Gasteiger partial charge in [0.25, 0.3) is 0 Å². The first kappa shape index (κ1) is 31.8. The fraction of sp³-hybridized carbons (Fsp3) is 0.233. The maximum atomic E-state index is 13.9. The number of benzene rings is 2. The summed E-state index contributed by atoms with van der Waals surface area (Å²) in [5, 5.41) is 8.09. The molecular weight excluding hydrogens is 608 g/mol. The summed E-state index contributed by atoms with van der Waals surface area (Å²) in [5.41, 5.74) is 0.497. The molecule has 0 spiro atoms. The number of hydrogen-bond donors (Lipinski definition) is 2. The number of aromatic nitrogens is 2. The highest BCUT2D eigenvalue weighted by Gasteiger charge is 2.44. The molecule has 2 amide bonds. The van der Waals surface area contributed by atoms with Crippen LogP contribution in [0, 0.1) is 0 Å². The van der Waals surface area contributed by atoms with Crippen molar-refractivity contribution in [1.82, 2.24) is 15.3 Å².